The van der Waals surface area contributed by atoms with Crippen LogP contribution in [0.2, 0.25) is 0 Å². The smallest absolute Gasteiger partial charge is 0.320 e. The van der Waals surface area contributed by atoms with Gasteiger partial charge in [-0.3, -0.25) is 14.9 Å². The summed E-state index contributed by atoms with van der Waals surface area (Å²) in [7, 11) is 3.28. The molecule has 0 spiro atoms. The maximum atomic E-state index is 11.2. The molecule has 0 aliphatic rings. The van der Waals surface area contributed by atoms with Gasteiger partial charge in [-0.05, 0) is 12.3 Å². The van der Waals surface area contributed by atoms with Gasteiger partial charge in [0.2, 0.25) is 5.91 Å². The predicted molar refractivity (Wildman–Crippen MR) is 57.6 cm³/mol. The topological polar surface area (TPSA) is 69.6 Å². The molecule has 0 fully saturated rings. The number of likely N-dealkylation sites (N-methyl/N-ethyl adjacent to an activating group) is 1. The number of carbonyl (C=O) groups is 2. The Hall–Kier alpha value is -1.10. The van der Waals surface area contributed by atoms with E-state index in [9.17, 15) is 9.59 Å². The molecule has 0 aliphatic carbocycles. The van der Waals surface area contributed by atoms with Gasteiger partial charge in [0.25, 0.3) is 0 Å². The molecule has 1 unspecified atom stereocenters. The Kier molecular flexibility index (Phi) is 5.93. The molecule has 0 saturated carbocycles. The minimum atomic E-state index is -0.907. The summed E-state index contributed by atoms with van der Waals surface area (Å²) in [5, 5.41) is 11.6. The Labute approximate surface area is 90.5 Å². The van der Waals surface area contributed by atoms with E-state index >= 15 is 0 Å². The van der Waals surface area contributed by atoms with Crippen LogP contribution in [-0.4, -0.2) is 48.6 Å². The first-order chi connectivity index (χ1) is 6.84. The van der Waals surface area contributed by atoms with Gasteiger partial charge >= 0.3 is 5.97 Å². The molecule has 0 aromatic heterocycles. The number of hydrogen-bond donors (Lipinski definition) is 2. The van der Waals surface area contributed by atoms with Crippen molar-refractivity contribution in [3.05, 3.63) is 0 Å². The third-order valence-electron chi connectivity index (χ3n) is 2.00. The van der Waals surface area contributed by atoms with Gasteiger partial charge < -0.3 is 10.0 Å². The summed E-state index contributed by atoms with van der Waals surface area (Å²) in [5.74, 6) is -0.742. The third kappa shape index (κ3) is 6.06. The van der Waals surface area contributed by atoms with Crippen molar-refractivity contribution in [2.24, 2.45) is 5.92 Å². The van der Waals surface area contributed by atoms with Crippen molar-refractivity contribution >= 4 is 11.9 Å². The monoisotopic (exact) mass is 216 g/mol. The van der Waals surface area contributed by atoms with Crippen molar-refractivity contribution in [3.8, 4) is 0 Å². The highest BCUT2D eigenvalue weighted by atomic mass is 16.4. The second kappa shape index (κ2) is 6.40. The van der Waals surface area contributed by atoms with Gasteiger partial charge in [0.15, 0.2) is 0 Å². The first-order valence-electron chi connectivity index (χ1n) is 5.01. The standard InChI is InChI=1S/C10H20N2O3/c1-7(2)5-8(10(14)15)11-6-9(13)12(3)4/h7-8,11H,5-6H2,1-4H3,(H,14,15). The minimum absolute atomic E-state index is 0.0662. The number of rotatable bonds is 6. The van der Waals surface area contributed by atoms with Gasteiger partial charge in [0.05, 0.1) is 6.54 Å². The molecule has 1 amide bonds. The molecule has 0 aromatic carbocycles. The fraction of sp³-hybridized carbons (Fsp3) is 0.800. The Morgan fingerprint density at radius 3 is 2.20 bits per heavy atom. The van der Waals surface area contributed by atoms with Crippen molar-refractivity contribution in [1.29, 1.82) is 0 Å². The second-order valence-electron chi connectivity index (χ2n) is 4.19. The summed E-state index contributed by atoms with van der Waals surface area (Å²) in [6, 6.07) is -0.645. The van der Waals surface area contributed by atoms with Crippen LogP contribution in [0.25, 0.3) is 0 Å². The van der Waals surface area contributed by atoms with E-state index in [1.165, 1.54) is 4.90 Å². The van der Waals surface area contributed by atoms with Crippen LogP contribution < -0.4 is 5.32 Å². The van der Waals surface area contributed by atoms with Gasteiger partial charge in [0, 0.05) is 14.1 Å². The highest BCUT2D eigenvalue weighted by Crippen LogP contribution is 2.04. The average molecular weight is 216 g/mol. The third-order valence-corrected chi connectivity index (χ3v) is 2.00. The first kappa shape index (κ1) is 13.9. The van der Waals surface area contributed by atoms with E-state index in [0.717, 1.165) is 0 Å². The van der Waals surface area contributed by atoms with E-state index < -0.39 is 12.0 Å². The van der Waals surface area contributed by atoms with Crippen molar-refractivity contribution in [1.82, 2.24) is 10.2 Å². The van der Waals surface area contributed by atoms with Crippen LogP contribution in [0, 0.1) is 5.92 Å². The van der Waals surface area contributed by atoms with Crippen LogP contribution in [0.1, 0.15) is 20.3 Å². The molecular formula is C10H20N2O3. The maximum Gasteiger partial charge on any atom is 0.320 e. The number of nitrogens with zero attached hydrogens (tertiary/aromatic N) is 1. The first-order valence-corrected chi connectivity index (χ1v) is 5.01. The lowest BCUT2D eigenvalue weighted by atomic mass is 10.0. The molecule has 0 rings (SSSR count). The Morgan fingerprint density at radius 2 is 1.87 bits per heavy atom. The molecule has 0 saturated heterocycles. The van der Waals surface area contributed by atoms with E-state index in [4.69, 9.17) is 5.11 Å². The van der Waals surface area contributed by atoms with Crippen molar-refractivity contribution < 1.29 is 14.7 Å². The molecule has 0 heterocycles. The molecular weight excluding hydrogens is 196 g/mol. The Morgan fingerprint density at radius 1 is 1.33 bits per heavy atom. The number of carboxylic acids is 1. The second-order valence-corrected chi connectivity index (χ2v) is 4.19. The van der Waals surface area contributed by atoms with Gasteiger partial charge in [-0.25, -0.2) is 0 Å². The van der Waals surface area contributed by atoms with Gasteiger partial charge in [-0.15, -0.1) is 0 Å². The lowest BCUT2D eigenvalue weighted by Crippen LogP contribution is -2.43. The van der Waals surface area contributed by atoms with Crippen LogP contribution in [0.3, 0.4) is 0 Å². The van der Waals surface area contributed by atoms with Crippen LogP contribution in [-0.2, 0) is 9.59 Å². The average Bonchev–Trinajstić information content (AvgIpc) is 2.10. The minimum Gasteiger partial charge on any atom is -0.480 e. The number of nitrogens with one attached hydrogen (secondary N) is 1. The van der Waals surface area contributed by atoms with Gasteiger partial charge in [0.1, 0.15) is 6.04 Å². The molecule has 5 heteroatoms. The number of carboxylic acid groups (broad SMARTS) is 1. The molecule has 88 valence electrons. The number of carbonyl (C=O) groups excluding carboxylic acids is 1. The quantitative estimate of drug-likeness (QED) is 0.663. The van der Waals surface area contributed by atoms with Gasteiger partial charge in [-0.2, -0.15) is 0 Å². The molecule has 1 atom stereocenters. The highest BCUT2D eigenvalue weighted by molar-refractivity contribution is 5.79. The van der Waals surface area contributed by atoms with Crippen LogP contribution in [0.4, 0.5) is 0 Å². The largest absolute Gasteiger partial charge is 0.480 e. The molecule has 0 aliphatic heterocycles. The SMILES string of the molecule is CC(C)CC(NCC(=O)N(C)C)C(=O)O. The van der Waals surface area contributed by atoms with Crippen molar-refractivity contribution in [3.63, 3.8) is 0 Å². The van der Waals surface area contributed by atoms with E-state index in [2.05, 4.69) is 5.32 Å². The van der Waals surface area contributed by atoms with E-state index in [-0.39, 0.29) is 18.4 Å². The lowest BCUT2D eigenvalue weighted by Gasteiger charge is -2.17. The predicted octanol–water partition coefficient (Wildman–Crippen LogP) is 0.164. The summed E-state index contributed by atoms with van der Waals surface area (Å²) in [4.78, 5) is 23.5. The van der Waals surface area contributed by atoms with Crippen LogP contribution in [0.15, 0.2) is 0 Å². The maximum absolute atomic E-state index is 11.2. The van der Waals surface area contributed by atoms with Crippen LogP contribution in [0.5, 0.6) is 0 Å². The highest BCUT2D eigenvalue weighted by Gasteiger charge is 2.19. The summed E-state index contributed by atoms with van der Waals surface area (Å²) < 4.78 is 0. The summed E-state index contributed by atoms with van der Waals surface area (Å²) in [5.41, 5.74) is 0. The summed E-state index contributed by atoms with van der Waals surface area (Å²) >= 11 is 0. The fourth-order valence-electron chi connectivity index (χ4n) is 1.11. The van der Waals surface area contributed by atoms with Crippen molar-refractivity contribution in [2.45, 2.75) is 26.3 Å². The zero-order valence-electron chi connectivity index (χ0n) is 9.78. The number of aliphatic carboxylic acids is 1. The zero-order valence-corrected chi connectivity index (χ0v) is 9.78. The molecule has 0 radical (unpaired) electrons. The van der Waals surface area contributed by atoms with Crippen LogP contribution >= 0.6 is 0 Å². The van der Waals surface area contributed by atoms with E-state index in [1.807, 2.05) is 13.8 Å². The number of hydrogen-bond acceptors (Lipinski definition) is 3. The molecule has 5 nitrogen and oxygen atoms in total. The van der Waals surface area contributed by atoms with Gasteiger partial charge in [-0.1, -0.05) is 13.8 Å². The Bertz CT molecular complexity index is 227. The molecule has 2 N–H and O–H groups in total. The zero-order chi connectivity index (χ0) is 12.0. The molecule has 0 bridgehead atoms. The molecule has 15 heavy (non-hydrogen) atoms. The lowest BCUT2D eigenvalue weighted by molar-refractivity contribution is -0.140. The number of amides is 1. The van der Waals surface area contributed by atoms with E-state index in [1.54, 1.807) is 14.1 Å². The fourth-order valence-corrected chi connectivity index (χ4v) is 1.11. The normalized spacial score (nSPS) is 12.6. The van der Waals surface area contributed by atoms with Crippen molar-refractivity contribution in [2.75, 3.05) is 20.6 Å². The summed E-state index contributed by atoms with van der Waals surface area (Å²) in [6.07, 6.45) is 0.524. The molecule has 0 aromatic rings. The Balaban J connectivity index is 4.07. The summed E-state index contributed by atoms with van der Waals surface area (Å²) in [6.45, 7) is 3.97. The van der Waals surface area contributed by atoms with E-state index in [0.29, 0.717) is 6.42 Å².